The molecule has 672 valence electrons. The highest BCUT2D eigenvalue weighted by atomic mass is 16.5. The van der Waals surface area contributed by atoms with Crippen LogP contribution in [0.1, 0.15) is 171 Å². The maximum atomic E-state index is 12.3. The fourth-order valence-corrected chi connectivity index (χ4v) is 20.6. The van der Waals surface area contributed by atoms with Gasteiger partial charge in [-0.15, -0.1) is 4.68 Å². The normalized spacial score (nSPS) is 16.9. The molecule has 18 heterocycles. The van der Waals surface area contributed by atoms with E-state index in [-0.39, 0.29) is 36.8 Å². The van der Waals surface area contributed by atoms with Gasteiger partial charge in [0.25, 0.3) is 0 Å². The fourth-order valence-electron chi connectivity index (χ4n) is 20.6. The predicted molar refractivity (Wildman–Crippen MR) is 492 cm³/mol. The minimum absolute atomic E-state index is 0.0203. The van der Waals surface area contributed by atoms with Crippen LogP contribution in [0, 0.1) is 13.8 Å². The molecule has 10 aromatic heterocycles. The summed E-state index contributed by atoms with van der Waals surface area (Å²) in [5, 5.41) is 55.7. The number of benzene rings is 4. The SMILES string of the molecule is CC(=O)N1CCc2c(c(-c3c(C)ccc4cc(-c5cnn(C)c5)ncc34)[nH][n+]2C2CCOCC2)C1.CC(=O)N1CCc2c(c(-c3cc(C)cc4cc(-c5cnn(C)c5)ncc34)nn2C2CCOCC2)C1.CC(=O)N1CCc2c(c(-c3ccc(CO)c4ccncc34)nn2C2CCOCC2)C1.CC(=O)N1CCc2c(c(-c3cccc4c(CO)cncc34)nn2C2CCOCC2)C1. The Kier molecular flexibility index (Phi) is 25.0. The summed E-state index contributed by atoms with van der Waals surface area (Å²) in [7, 11) is 3.83. The van der Waals surface area contributed by atoms with Crippen molar-refractivity contribution in [3.8, 4) is 67.5 Å². The zero-order valence-corrected chi connectivity index (χ0v) is 75.4. The molecule has 30 heteroatoms. The molecule has 3 N–H and O–H groups in total. The molecule has 14 aromatic rings. The summed E-state index contributed by atoms with van der Waals surface area (Å²) in [4.78, 5) is 74.7. The van der Waals surface area contributed by atoms with Gasteiger partial charge in [-0.2, -0.15) is 30.6 Å². The standard InChI is InChI=1S/2C27H30N6O2.2C23H26N4O3/c1-17-10-19-12-25(20-13-29-31(3)15-20)28-14-23(19)22(11-17)27-24-16-32(18(2)34)7-4-26(24)33(30-27)21-5-8-35-9-6-21;1-17-4-5-19-12-24(20-13-29-31(3)15-20)28-14-22(19)26(17)27-23-16-32(18(2)34)9-6-25(23)33(30-27)21-7-10-35-11-8-21;1-15(29)26-9-5-22-21(13-26)23(25-27(22)17-6-10-30-11-7-17)19-3-2-16(14-28)18-4-8-24-12-20(18)19;1-15(29)26-8-5-22-21(13-26)23(25-27(22)17-6-9-30-10-7-17)19-4-2-3-18-16(14-28)11-24-12-20(18)19/h10-15,21H,4-9,16H2,1-3H3;4-5,12-15,21H,6-11,16H2,1-3H3;2-4,8,12,17,28H,5-7,9-11,13-14H2,1H3;2-4,11-12,17,28H,5-10,13-14H2,1H3/p+1. The number of H-pyrrole nitrogens is 1. The largest absolute Gasteiger partial charge is 0.392 e. The van der Waals surface area contributed by atoms with Crippen LogP contribution < -0.4 is 4.68 Å². The molecule has 4 saturated heterocycles. The lowest BCUT2D eigenvalue weighted by atomic mass is 9.93. The van der Waals surface area contributed by atoms with E-state index in [1.54, 1.807) is 49.5 Å². The van der Waals surface area contributed by atoms with E-state index in [0.29, 0.717) is 50.3 Å². The van der Waals surface area contributed by atoms with Crippen molar-refractivity contribution in [2.45, 2.75) is 182 Å². The van der Waals surface area contributed by atoms with Crippen molar-refractivity contribution >= 4 is 66.7 Å². The number of aromatic nitrogens is 16. The van der Waals surface area contributed by atoms with Gasteiger partial charge < -0.3 is 48.8 Å². The van der Waals surface area contributed by atoms with Gasteiger partial charge in [-0.1, -0.05) is 48.5 Å². The summed E-state index contributed by atoms with van der Waals surface area (Å²) in [5.74, 6) is 0.412. The lowest BCUT2D eigenvalue weighted by molar-refractivity contribution is -0.782. The van der Waals surface area contributed by atoms with Gasteiger partial charge in [0, 0.05) is 303 Å². The molecule has 130 heavy (non-hydrogen) atoms. The number of hydrogen-bond acceptors (Lipinski definition) is 19. The van der Waals surface area contributed by atoms with Gasteiger partial charge >= 0.3 is 0 Å². The molecule has 0 bridgehead atoms. The highest BCUT2D eigenvalue weighted by molar-refractivity contribution is 6.02. The van der Waals surface area contributed by atoms with Gasteiger partial charge in [0.05, 0.1) is 104 Å². The Balaban J connectivity index is 0.000000113. The average Bonchev–Trinajstić information content (AvgIpc) is 1.60. The first-order chi connectivity index (χ1) is 63.3. The molecule has 4 aromatic carbocycles. The van der Waals surface area contributed by atoms with Crippen LogP contribution in [-0.2, 0) is 117 Å². The number of aliphatic hydroxyl groups excluding tert-OH is 2. The molecule has 22 rings (SSSR count). The molecule has 0 unspecified atom stereocenters. The third-order valence-corrected chi connectivity index (χ3v) is 27.6. The van der Waals surface area contributed by atoms with Crippen LogP contribution >= 0.6 is 0 Å². The zero-order valence-electron chi connectivity index (χ0n) is 75.4. The van der Waals surface area contributed by atoms with Crippen LogP contribution in [0.2, 0.25) is 0 Å². The van der Waals surface area contributed by atoms with E-state index in [4.69, 9.17) is 44.2 Å². The number of aryl methyl sites for hydroxylation is 4. The second kappa shape index (κ2) is 37.5. The number of carbonyl (C=O) groups is 4. The molecule has 8 aliphatic heterocycles. The molecule has 0 saturated carbocycles. The van der Waals surface area contributed by atoms with Crippen LogP contribution in [0.4, 0.5) is 0 Å². The molecule has 30 nitrogen and oxygen atoms in total. The molecular weight excluding hydrogens is 1640 g/mol. The third kappa shape index (κ3) is 17.2. The van der Waals surface area contributed by atoms with Gasteiger partial charge in [-0.25, -0.2) is 0 Å². The Morgan fingerprint density at radius 3 is 1.41 bits per heavy atom. The number of pyridine rings is 4. The summed E-state index contributed by atoms with van der Waals surface area (Å²) in [5.41, 5.74) is 25.7. The molecule has 8 aliphatic rings. The first kappa shape index (κ1) is 86.8. The molecular formula is C100H113N20O10+. The van der Waals surface area contributed by atoms with Crippen molar-refractivity contribution in [3.05, 3.63) is 202 Å². The summed E-state index contributed by atoms with van der Waals surface area (Å²) < 4.78 is 35.0. The number of ether oxygens (including phenoxy) is 4. The number of amides is 4. The number of nitrogens with one attached hydrogen (secondary N) is 1. The van der Waals surface area contributed by atoms with Crippen molar-refractivity contribution in [2.75, 3.05) is 79.0 Å². The zero-order chi connectivity index (χ0) is 89.5. The maximum absolute atomic E-state index is 12.3. The van der Waals surface area contributed by atoms with Crippen LogP contribution in [0.3, 0.4) is 0 Å². The van der Waals surface area contributed by atoms with Crippen molar-refractivity contribution in [1.29, 1.82) is 0 Å². The Bertz CT molecular complexity index is 6500. The summed E-state index contributed by atoms with van der Waals surface area (Å²) in [6, 6.07) is 26.4. The van der Waals surface area contributed by atoms with Crippen LogP contribution in [0.25, 0.3) is 111 Å². The number of fused-ring (bicyclic) bond motifs is 8. The number of hydrogen-bond donors (Lipinski definition) is 3. The van der Waals surface area contributed by atoms with E-state index in [2.05, 4.69) is 100 Å². The van der Waals surface area contributed by atoms with Crippen LogP contribution in [-0.4, -0.2) is 206 Å². The molecule has 0 radical (unpaired) electrons. The van der Waals surface area contributed by atoms with Gasteiger partial charge in [0.2, 0.25) is 29.3 Å². The van der Waals surface area contributed by atoms with E-state index >= 15 is 0 Å². The number of carbonyl (C=O) groups excluding carboxylic acids is 4. The quantitative estimate of drug-likeness (QED) is 0.0957. The van der Waals surface area contributed by atoms with Gasteiger partial charge in [-0.05, 0) is 115 Å². The van der Waals surface area contributed by atoms with E-state index < -0.39 is 0 Å². The minimum atomic E-state index is -0.0550. The van der Waals surface area contributed by atoms with Crippen LogP contribution in [0.15, 0.2) is 135 Å². The monoisotopic (exact) mass is 1750 g/mol. The third-order valence-electron chi connectivity index (χ3n) is 27.6. The molecule has 4 fully saturated rings. The van der Waals surface area contributed by atoms with E-state index in [9.17, 15) is 29.4 Å². The number of aromatic amines is 1. The Morgan fingerprint density at radius 1 is 0.446 bits per heavy atom. The number of aliphatic hydroxyl groups is 2. The summed E-state index contributed by atoms with van der Waals surface area (Å²) in [6.07, 6.45) is 29.8. The summed E-state index contributed by atoms with van der Waals surface area (Å²) >= 11 is 0. The van der Waals surface area contributed by atoms with Gasteiger partial charge in [0.1, 0.15) is 5.69 Å². The highest BCUT2D eigenvalue weighted by Crippen LogP contribution is 2.44. The minimum Gasteiger partial charge on any atom is -0.392 e. The second-order valence-electron chi connectivity index (χ2n) is 35.7. The Morgan fingerprint density at radius 2 is 0.908 bits per heavy atom. The van der Waals surface area contributed by atoms with Crippen molar-refractivity contribution < 1.29 is 53.0 Å². The molecule has 0 aliphatic carbocycles. The fraction of sp³-hybridized carbons (Fsp3) is 0.420. The highest BCUT2D eigenvalue weighted by Gasteiger charge is 2.40. The lowest BCUT2D eigenvalue weighted by Crippen LogP contribution is -2.49. The van der Waals surface area contributed by atoms with E-state index in [0.717, 1.165) is 283 Å². The molecule has 0 atom stereocenters. The number of nitrogens with zero attached hydrogens (tertiary/aromatic N) is 19. The first-order valence-corrected chi connectivity index (χ1v) is 45.8. The smallest absolute Gasteiger partial charge is 0.219 e. The van der Waals surface area contributed by atoms with Gasteiger partial charge in [0.15, 0.2) is 6.04 Å². The molecule has 4 amide bonds. The molecule has 0 spiro atoms. The Hall–Kier alpha value is -12.6. The average molecular weight is 1760 g/mol. The van der Waals surface area contributed by atoms with Crippen molar-refractivity contribution in [2.24, 2.45) is 14.1 Å². The maximum Gasteiger partial charge on any atom is 0.219 e. The van der Waals surface area contributed by atoms with Crippen molar-refractivity contribution in [1.82, 2.24) is 93.5 Å². The summed E-state index contributed by atoms with van der Waals surface area (Å²) in [6.45, 7) is 22.2. The van der Waals surface area contributed by atoms with Crippen molar-refractivity contribution in [3.63, 3.8) is 0 Å². The number of rotatable bonds is 12. The Labute approximate surface area is 754 Å². The van der Waals surface area contributed by atoms with Crippen LogP contribution in [0.5, 0.6) is 0 Å². The first-order valence-electron chi connectivity index (χ1n) is 45.8. The van der Waals surface area contributed by atoms with E-state index in [1.807, 2.05) is 114 Å². The van der Waals surface area contributed by atoms with E-state index in [1.165, 1.54) is 50.6 Å². The lowest BCUT2D eigenvalue weighted by Gasteiger charge is -2.29. The predicted octanol–water partition coefficient (Wildman–Crippen LogP) is 13.2. The second-order valence-corrected chi connectivity index (χ2v) is 35.7. The van der Waals surface area contributed by atoms with Gasteiger partial charge in [-0.3, -0.25) is 62.5 Å². The topological polar surface area (TPSA) is 319 Å².